The van der Waals surface area contributed by atoms with E-state index in [1.807, 2.05) is 6.92 Å². The Bertz CT molecular complexity index is 378. The summed E-state index contributed by atoms with van der Waals surface area (Å²) in [6.07, 6.45) is 1.11. The van der Waals surface area contributed by atoms with Crippen molar-refractivity contribution in [1.29, 1.82) is 0 Å². The smallest absolute Gasteiger partial charge is 0.137 e. The van der Waals surface area contributed by atoms with Crippen LogP contribution in [0.4, 0.5) is 10.1 Å². The first-order valence-corrected chi connectivity index (χ1v) is 6.23. The number of hydrogen-bond donors (Lipinski definition) is 1. The van der Waals surface area contributed by atoms with Gasteiger partial charge in [-0.25, -0.2) is 4.39 Å². The second-order valence-electron chi connectivity index (χ2n) is 4.19. The lowest BCUT2D eigenvalue weighted by atomic mass is 10.1. The van der Waals surface area contributed by atoms with Crippen molar-refractivity contribution in [2.24, 2.45) is 5.92 Å². The average Bonchev–Trinajstić information content (AvgIpc) is 2.74. The molecule has 1 aromatic rings. The van der Waals surface area contributed by atoms with E-state index in [9.17, 15) is 4.39 Å². The van der Waals surface area contributed by atoms with Crippen molar-refractivity contribution in [3.63, 3.8) is 0 Å². The van der Waals surface area contributed by atoms with Gasteiger partial charge in [-0.15, -0.1) is 0 Å². The topological polar surface area (TPSA) is 21.3 Å². The molecule has 1 N–H and O–H groups in total. The molecule has 1 aromatic carbocycles. The van der Waals surface area contributed by atoms with Crippen LogP contribution in [0.2, 0.25) is 0 Å². The summed E-state index contributed by atoms with van der Waals surface area (Å²) in [6.45, 7) is 4.48. The molecule has 88 valence electrons. The Balaban J connectivity index is 2.00. The fraction of sp³-hybridized carbons (Fsp3) is 0.500. The number of rotatable bonds is 3. The molecule has 2 nitrogen and oxygen atoms in total. The summed E-state index contributed by atoms with van der Waals surface area (Å²) >= 11 is 3.19. The molecule has 16 heavy (non-hydrogen) atoms. The van der Waals surface area contributed by atoms with Gasteiger partial charge in [-0.1, -0.05) is 0 Å². The minimum Gasteiger partial charge on any atom is -0.384 e. The van der Waals surface area contributed by atoms with E-state index in [-0.39, 0.29) is 5.82 Å². The number of anilines is 1. The van der Waals surface area contributed by atoms with E-state index in [1.54, 1.807) is 6.07 Å². The maximum Gasteiger partial charge on any atom is 0.137 e. The molecule has 0 saturated carbocycles. The second kappa shape index (κ2) is 5.15. The van der Waals surface area contributed by atoms with Crippen molar-refractivity contribution < 1.29 is 9.13 Å². The zero-order chi connectivity index (χ0) is 11.5. The van der Waals surface area contributed by atoms with E-state index in [4.69, 9.17) is 4.74 Å². The van der Waals surface area contributed by atoms with Crippen LogP contribution in [-0.4, -0.2) is 19.8 Å². The molecule has 1 heterocycles. The summed E-state index contributed by atoms with van der Waals surface area (Å²) in [5.74, 6) is 0.357. The minimum absolute atomic E-state index is 0.216. The van der Waals surface area contributed by atoms with Gasteiger partial charge in [-0.05, 0) is 47.0 Å². The number of halogens is 2. The van der Waals surface area contributed by atoms with Gasteiger partial charge in [0.1, 0.15) is 5.82 Å². The third-order valence-electron chi connectivity index (χ3n) is 2.87. The number of hydrogen-bond acceptors (Lipinski definition) is 2. The van der Waals surface area contributed by atoms with Crippen LogP contribution in [0.1, 0.15) is 12.0 Å². The predicted octanol–water partition coefficient (Wildman–Crippen LogP) is 3.35. The fourth-order valence-electron chi connectivity index (χ4n) is 1.84. The van der Waals surface area contributed by atoms with Crippen molar-refractivity contribution >= 4 is 21.6 Å². The molecule has 0 aromatic heterocycles. The Morgan fingerprint density at radius 3 is 3.06 bits per heavy atom. The standard InChI is InChI=1S/C12H15BrFNO/c1-8-4-11(14)10(13)5-12(8)15-6-9-2-3-16-7-9/h4-5,9,15H,2-3,6-7H2,1H3. The van der Waals surface area contributed by atoms with Crippen LogP contribution in [0, 0.1) is 18.7 Å². The van der Waals surface area contributed by atoms with Gasteiger partial charge in [-0.3, -0.25) is 0 Å². The zero-order valence-corrected chi connectivity index (χ0v) is 10.8. The minimum atomic E-state index is -0.216. The second-order valence-corrected chi connectivity index (χ2v) is 5.05. The van der Waals surface area contributed by atoms with Crippen molar-refractivity contribution in [2.75, 3.05) is 25.1 Å². The van der Waals surface area contributed by atoms with Crippen LogP contribution in [0.25, 0.3) is 0 Å². The molecule has 1 aliphatic heterocycles. The monoisotopic (exact) mass is 287 g/mol. The van der Waals surface area contributed by atoms with Gasteiger partial charge in [0.05, 0.1) is 11.1 Å². The van der Waals surface area contributed by atoms with Gasteiger partial charge in [0.2, 0.25) is 0 Å². The normalized spacial score (nSPS) is 20.1. The van der Waals surface area contributed by atoms with Gasteiger partial charge < -0.3 is 10.1 Å². The van der Waals surface area contributed by atoms with Gasteiger partial charge >= 0.3 is 0 Å². The van der Waals surface area contributed by atoms with Gasteiger partial charge in [0.15, 0.2) is 0 Å². The quantitative estimate of drug-likeness (QED) is 0.921. The van der Waals surface area contributed by atoms with E-state index in [0.29, 0.717) is 10.4 Å². The van der Waals surface area contributed by atoms with E-state index < -0.39 is 0 Å². The number of benzene rings is 1. The molecule has 1 unspecified atom stereocenters. The number of ether oxygens (including phenoxy) is 1. The third-order valence-corrected chi connectivity index (χ3v) is 3.48. The fourth-order valence-corrected chi connectivity index (χ4v) is 2.18. The molecule has 4 heteroatoms. The molecule has 0 aliphatic carbocycles. The van der Waals surface area contributed by atoms with Crippen molar-refractivity contribution in [3.05, 3.63) is 28.0 Å². The van der Waals surface area contributed by atoms with Crippen LogP contribution in [0.5, 0.6) is 0 Å². The molecule has 1 saturated heterocycles. The van der Waals surface area contributed by atoms with E-state index >= 15 is 0 Å². The maximum absolute atomic E-state index is 13.2. The van der Waals surface area contributed by atoms with Crippen LogP contribution < -0.4 is 5.32 Å². The maximum atomic E-state index is 13.2. The Hall–Kier alpha value is -0.610. The summed E-state index contributed by atoms with van der Waals surface area (Å²) < 4.78 is 19.0. The van der Waals surface area contributed by atoms with Crippen molar-refractivity contribution in [2.45, 2.75) is 13.3 Å². The predicted molar refractivity (Wildman–Crippen MR) is 66.3 cm³/mol. The van der Waals surface area contributed by atoms with E-state index in [0.717, 1.165) is 37.4 Å². The zero-order valence-electron chi connectivity index (χ0n) is 9.22. The lowest BCUT2D eigenvalue weighted by Crippen LogP contribution is -2.14. The first-order chi connectivity index (χ1) is 7.66. The van der Waals surface area contributed by atoms with Crippen LogP contribution in [0.3, 0.4) is 0 Å². The molecule has 2 rings (SSSR count). The lowest BCUT2D eigenvalue weighted by Gasteiger charge is -2.13. The highest BCUT2D eigenvalue weighted by atomic mass is 79.9. The van der Waals surface area contributed by atoms with Gasteiger partial charge in [0.25, 0.3) is 0 Å². The summed E-state index contributed by atoms with van der Waals surface area (Å²) in [7, 11) is 0. The SMILES string of the molecule is Cc1cc(F)c(Br)cc1NCC1CCOC1. The molecule has 1 fully saturated rings. The first kappa shape index (κ1) is 11.9. The Labute approximate surface area is 103 Å². The highest BCUT2D eigenvalue weighted by Crippen LogP contribution is 2.25. The van der Waals surface area contributed by atoms with Crippen molar-refractivity contribution in [3.8, 4) is 0 Å². The average molecular weight is 288 g/mol. The van der Waals surface area contributed by atoms with Crippen LogP contribution in [-0.2, 0) is 4.74 Å². The Morgan fingerprint density at radius 2 is 2.38 bits per heavy atom. The number of aryl methyl sites for hydroxylation is 1. The van der Waals surface area contributed by atoms with E-state index in [1.165, 1.54) is 6.07 Å². The largest absolute Gasteiger partial charge is 0.384 e. The highest BCUT2D eigenvalue weighted by Gasteiger charge is 2.15. The molecular formula is C12H15BrFNO. The van der Waals surface area contributed by atoms with Gasteiger partial charge in [-0.2, -0.15) is 0 Å². The van der Waals surface area contributed by atoms with E-state index in [2.05, 4.69) is 21.2 Å². The van der Waals surface area contributed by atoms with Gasteiger partial charge in [0, 0.05) is 24.8 Å². The summed E-state index contributed by atoms with van der Waals surface area (Å²) in [5, 5.41) is 3.35. The summed E-state index contributed by atoms with van der Waals surface area (Å²) in [4.78, 5) is 0. The molecule has 1 atom stereocenters. The summed E-state index contributed by atoms with van der Waals surface area (Å²) in [6, 6.07) is 3.33. The molecular weight excluding hydrogens is 273 g/mol. The molecule has 0 amide bonds. The van der Waals surface area contributed by atoms with Crippen LogP contribution >= 0.6 is 15.9 Å². The Morgan fingerprint density at radius 1 is 1.56 bits per heavy atom. The Kier molecular flexibility index (Phi) is 3.82. The summed E-state index contributed by atoms with van der Waals surface area (Å²) in [5.41, 5.74) is 1.92. The van der Waals surface area contributed by atoms with Crippen LogP contribution in [0.15, 0.2) is 16.6 Å². The molecule has 1 aliphatic rings. The first-order valence-electron chi connectivity index (χ1n) is 5.44. The molecule has 0 bridgehead atoms. The third kappa shape index (κ3) is 2.74. The lowest BCUT2D eigenvalue weighted by molar-refractivity contribution is 0.187. The highest BCUT2D eigenvalue weighted by molar-refractivity contribution is 9.10. The number of nitrogens with one attached hydrogen (secondary N) is 1. The van der Waals surface area contributed by atoms with Crippen molar-refractivity contribution in [1.82, 2.24) is 0 Å². The molecule has 0 radical (unpaired) electrons. The molecule has 0 spiro atoms.